The van der Waals surface area contributed by atoms with Crippen LogP contribution in [0.3, 0.4) is 0 Å². The number of methoxy groups -OCH3 is 1. The van der Waals surface area contributed by atoms with Crippen molar-refractivity contribution < 1.29 is 18.7 Å². The summed E-state index contributed by atoms with van der Waals surface area (Å²) < 4.78 is 10.1. The van der Waals surface area contributed by atoms with Crippen LogP contribution >= 0.6 is 0 Å². The molecule has 0 spiro atoms. The second-order valence-corrected chi connectivity index (χ2v) is 5.60. The Balaban J connectivity index is 0.00000136. The number of ether oxygens (including phenoxy) is 1. The minimum Gasteiger partial charge on any atom is -0.465 e. The molecule has 144 valence electrons. The van der Waals surface area contributed by atoms with Crippen LogP contribution in [-0.2, 0) is 4.74 Å². The summed E-state index contributed by atoms with van der Waals surface area (Å²) in [5.41, 5.74) is 7.87. The van der Waals surface area contributed by atoms with Gasteiger partial charge in [-0.1, -0.05) is 0 Å². The lowest BCUT2D eigenvalue weighted by atomic mass is 10.1. The molecule has 0 unspecified atom stereocenters. The maximum atomic E-state index is 12.2. The van der Waals surface area contributed by atoms with Crippen LogP contribution in [0.15, 0.2) is 71.1 Å². The Hall–Kier alpha value is -3.87. The van der Waals surface area contributed by atoms with Gasteiger partial charge in [0.1, 0.15) is 11.3 Å². The topological polar surface area (TPSA) is 107 Å². The predicted octanol–water partition coefficient (Wildman–Crippen LogP) is 3.71. The van der Waals surface area contributed by atoms with Gasteiger partial charge in [0.2, 0.25) is 5.96 Å². The van der Waals surface area contributed by atoms with Crippen molar-refractivity contribution in [3.8, 4) is 0 Å². The molecule has 0 aliphatic heterocycles. The Morgan fingerprint density at radius 3 is 2.36 bits per heavy atom. The van der Waals surface area contributed by atoms with Gasteiger partial charge in [-0.25, -0.2) is 9.79 Å². The van der Waals surface area contributed by atoms with Gasteiger partial charge in [0.15, 0.2) is 0 Å². The summed E-state index contributed by atoms with van der Waals surface area (Å²) in [5.74, 6) is -0.129. The lowest BCUT2D eigenvalue weighted by Crippen LogP contribution is -2.36. The average Bonchev–Trinajstić information content (AvgIpc) is 3.08. The van der Waals surface area contributed by atoms with Gasteiger partial charge < -0.3 is 14.9 Å². The first-order valence-corrected chi connectivity index (χ1v) is 8.30. The lowest BCUT2D eigenvalue weighted by Gasteiger charge is -2.05. The van der Waals surface area contributed by atoms with Crippen molar-refractivity contribution in [3.63, 3.8) is 0 Å². The van der Waals surface area contributed by atoms with Crippen molar-refractivity contribution in [3.05, 3.63) is 78.6 Å². The fraction of sp³-hybridized carbons (Fsp3) is 0.0952. The standard InChI is InChI=1S/C19H17N3O4.C2H4/c1-11-9-14-10-15(7-8-16(14)26-11)21-19(20)22-17(23)12-3-5-13(6-4-12)18(24)25-2;1-2/h3-10H,1-2H3,(H3,20,21,22,23);1-2H2. The highest BCUT2D eigenvalue weighted by atomic mass is 16.5. The predicted molar refractivity (Wildman–Crippen MR) is 109 cm³/mol. The van der Waals surface area contributed by atoms with Crippen molar-refractivity contribution in [2.24, 2.45) is 10.7 Å². The summed E-state index contributed by atoms with van der Waals surface area (Å²) in [7, 11) is 1.29. The molecule has 7 nitrogen and oxygen atoms in total. The number of nitrogens with two attached hydrogens (primary N) is 1. The van der Waals surface area contributed by atoms with Crippen LogP contribution in [0.1, 0.15) is 26.5 Å². The van der Waals surface area contributed by atoms with Crippen molar-refractivity contribution in [1.29, 1.82) is 0 Å². The van der Waals surface area contributed by atoms with E-state index in [-0.39, 0.29) is 5.96 Å². The monoisotopic (exact) mass is 379 g/mol. The second-order valence-electron chi connectivity index (χ2n) is 5.60. The number of nitrogens with one attached hydrogen (secondary N) is 1. The van der Waals surface area contributed by atoms with Crippen LogP contribution in [0.25, 0.3) is 11.0 Å². The molecule has 7 heteroatoms. The molecule has 0 aliphatic rings. The highest BCUT2D eigenvalue weighted by Crippen LogP contribution is 2.24. The third-order valence-corrected chi connectivity index (χ3v) is 3.68. The molecule has 0 bridgehead atoms. The number of rotatable bonds is 3. The van der Waals surface area contributed by atoms with Crippen LogP contribution in [0, 0.1) is 6.92 Å². The van der Waals surface area contributed by atoms with E-state index in [2.05, 4.69) is 28.2 Å². The van der Waals surface area contributed by atoms with Gasteiger partial charge in [-0.05, 0) is 55.5 Å². The number of amides is 1. The van der Waals surface area contributed by atoms with E-state index >= 15 is 0 Å². The van der Waals surface area contributed by atoms with Gasteiger partial charge in [0.25, 0.3) is 5.91 Å². The molecule has 1 amide bonds. The molecular weight excluding hydrogens is 358 g/mol. The summed E-state index contributed by atoms with van der Waals surface area (Å²) in [4.78, 5) is 27.8. The number of guanidine groups is 1. The van der Waals surface area contributed by atoms with Gasteiger partial charge in [-0.2, -0.15) is 0 Å². The Morgan fingerprint density at radius 2 is 1.71 bits per heavy atom. The number of fused-ring (bicyclic) bond motifs is 1. The summed E-state index contributed by atoms with van der Waals surface area (Å²) in [5, 5.41) is 3.41. The van der Waals surface area contributed by atoms with E-state index in [1.165, 1.54) is 31.4 Å². The number of aliphatic imine (C=N–C) groups is 1. The highest BCUT2D eigenvalue weighted by Gasteiger charge is 2.10. The SMILES string of the molecule is C=C.COC(=O)c1ccc(C(=O)NC(N)=Nc2ccc3oc(C)cc3c2)cc1. The van der Waals surface area contributed by atoms with Gasteiger partial charge in [0.05, 0.1) is 18.4 Å². The normalized spacial score (nSPS) is 10.7. The van der Waals surface area contributed by atoms with Crippen LogP contribution in [0.5, 0.6) is 0 Å². The average molecular weight is 379 g/mol. The van der Waals surface area contributed by atoms with E-state index in [4.69, 9.17) is 10.2 Å². The zero-order valence-corrected chi connectivity index (χ0v) is 15.7. The molecule has 28 heavy (non-hydrogen) atoms. The molecule has 1 aromatic heterocycles. The van der Waals surface area contributed by atoms with Crippen molar-refractivity contribution in [2.45, 2.75) is 6.92 Å². The van der Waals surface area contributed by atoms with Crippen LogP contribution in [0.4, 0.5) is 5.69 Å². The number of nitrogens with zero attached hydrogens (tertiary/aromatic N) is 1. The van der Waals surface area contributed by atoms with Crippen molar-refractivity contribution >= 4 is 34.5 Å². The molecule has 0 radical (unpaired) electrons. The first-order chi connectivity index (χ1) is 13.5. The maximum absolute atomic E-state index is 12.2. The van der Waals surface area contributed by atoms with Crippen LogP contribution in [-0.4, -0.2) is 24.9 Å². The molecule has 3 aromatic rings. The van der Waals surface area contributed by atoms with Gasteiger partial charge >= 0.3 is 5.97 Å². The minimum atomic E-state index is -0.470. The highest BCUT2D eigenvalue weighted by molar-refractivity contribution is 6.06. The molecule has 0 atom stereocenters. The second kappa shape index (κ2) is 9.18. The van der Waals surface area contributed by atoms with E-state index in [1.807, 2.05) is 19.1 Å². The summed E-state index contributed by atoms with van der Waals surface area (Å²) in [6.07, 6.45) is 0. The molecule has 2 aromatic carbocycles. The quantitative estimate of drug-likeness (QED) is 0.312. The third kappa shape index (κ3) is 4.85. The number of aryl methyl sites for hydroxylation is 1. The van der Waals surface area contributed by atoms with Gasteiger partial charge in [-0.15, -0.1) is 13.2 Å². The maximum Gasteiger partial charge on any atom is 0.337 e. The Kier molecular flexibility index (Phi) is 6.70. The molecule has 0 saturated carbocycles. The molecule has 0 aliphatic carbocycles. The summed E-state index contributed by atoms with van der Waals surface area (Å²) in [6.45, 7) is 7.86. The number of benzene rings is 2. The zero-order valence-electron chi connectivity index (χ0n) is 15.7. The molecule has 1 heterocycles. The molecule has 0 fully saturated rings. The molecule has 0 saturated heterocycles. The van der Waals surface area contributed by atoms with E-state index in [0.717, 1.165) is 16.7 Å². The summed E-state index contributed by atoms with van der Waals surface area (Å²) >= 11 is 0. The van der Waals surface area contributed by atoms with Crippen LogP contribution < -0.4 is 11.1 Å². The number of carbonyl (C=O) groups excluding carboxylic acids is 2. The third-order valence-electron chi connectivity index (χ3n) is 3.68. The minimum absolute atomic E-state index is 0.0355. The molecule has 3 rings (SSSR count). The Morgan fingerprint density at radius 1 is 1.07 bits per heavy atom. The van der Waals surface area contributed by atoms with Crippen molar-refractivity contribution in [1.82, 2.24) is 5.32 Å². The van der Waals surface area contributed by atoms with Gasteiger partial charge in [0, 0.05) is 10.9 Å². The van der Waals surface area contributed by atoms with E-state index in [1.54, 1.807) is 12.1 Å². The fourth-order valence-corrected chi connectivity index (χ4v) is 2.46. The Bertz CT molecular complexity index is 1020. The molecular formula is C21H21N3O4. The largest absolute Gasteiger partial charge is 0.465 e. The number of hydrogen-bond acceptors (Lipinski definition) is 5. The van der Waals surface area contributed by atoms with Crippen molar-refractivity contribution in [2.75, 3.05) is 7.11 Å². The zero-order chi connectivity index (χ0) is 20.7. The number of hydrogen-bond donors (Lipinski definition) is 2. The first-order valence-electron chi connectivity index (χ1n) is 8.30. The first kappa shape index (κ1) is 20.4. The smallest absolute Gasteiger partial charge is 0.337 e. The lowest BCUT2D eigenvalue weighted by molar-refractivity contribution is 0.0600. The van der Waals surface area contributed by atoms with Gasteiger partial charge in [-0.3, -0.25) is 10.1 Å². The molecule has 3 N–H and O–H groups in total. The van der Waals surface area contributed by atoms with E-state index < -0.39 is 11.9 Å². The Labute approximate surface area is 162 Å². The number of carbonyl (C=O) groups is 2. The van der Waals surface area contributed by atoms with Crippen LogP contribution in [0.2, 0.25) is 0 Å². The fourth-order valence-electron chi connectivity index (χ4n) is 2.46. The number of esters is 1. The number of furan rings is 1. The van der Waals surface area contributed by atoms with E-state index in [9.17, 15) is 9.59 Å². The summed E-state index contributed by atoms with van der Waals surface area (Å²) in [6, 6.07) is 13.3. The van der Waals surface area contributed by atoms with E-state index in [0.29, 0.717) is 16.8 Å².